The summed E-state index contributed by atoms with van der Waals surface area (Å²) in [5.74, 6) is 0. The van der Waals surface area contributed by atoms with E-state index >= 15 is 0 Å². The van der Waals surface area contributed by atoms with E-state index < -0.39 is 0 Å². The predicted octanol–water partition coefficient (Wildman–Crippen LogP) is 13.4. The molecule has 0 radical (unpaired) electrons. The van der Waals surface area contributed by atoms with Gasteiger partial charge in [-0.3, -0.25) is 0 Å². The van der Waals surface area contributed by atoms with Crippen molar-refractivity contribution in [2.24, 2.45) is 0 Å². The molecule has 0 atom stereocenters. The molecule has 10 aromatic rings. The van der Waals surface area contributed by atoms with Crippen molar-refractivity contribution in [2.45, 2.75) is 0 Å². The van der Waals surface area contributed by atoms with E-state index in [0.29, 0.717) is 0 Å². The molecule has 3 heteroatoms. The SMILES string of the molecule is c1ccc(N(c2ccc(-c3cccc4ccccc34)cc2)c2ccc3c(c2)sc2ccc4c5ccc6ccccc6c5oc4c23)cc1. The summed E-state index contributed by atoms with van der Waals surface area (Å²) in [4.78, 5) is 2.35. The number of furan rings is 1. The molecular weight excluding hydrogens is 591 g/mol. The van der Waals surface area contributed by atoms with Crippen molar-refractivity contribution in [3.8, 4) is 11.1 Å². The van der Waals surface area contributed by atoms with Gasteiger partial charge in [-0.1, -0.05) is 109 Å². The van der Waals surface area contributed by atoms with E-state index in [2.05, 4.69) is 169 Å². The van der Waals surface area contributed by atoms with Crippen LogP contribution < -0.4 is 4.90 Å². The Morgan fingerprint density at radius 2 is 1.04 bits per heavy atom. The van der Waals surface area contributed by atoms with Crippen molar-refractivity contribution >= 4 is 92.1 Å². The molecule has 220 valence electrons. The van der Waals surface area contributed by atoms with Crippen LogP contribution >= 0.6 is 11.3 Å². The highest BCUT2D eigenvalue weighted by atomic mass is 32.1. The number of fused-ring (bicyclic) bond motifs is 10. The fraction of sp³-hybridized carbons (Fsp3) is 0. The highest BCUT2D eigenvalue weighted by Crippen LogP contribution is 2.45. The topological polar surface area (TPSA) is 16.4 Å². The van der Waals surface area contributed by atoms with Gasteiger partial charge in [-0.2, -0.15) is 0 Å². The summed E-state index contributed by atoms with van der Waals surface area (Å²) in [5, 5.41) is 9.62. The van der Waals surface area contributed by atoms with Gasteiger partial charge in [0, 0.05) is 53.4 Å². The van der Waals surface area contributed by atoms with Crippen LogP contribution in [0.2, 0.25) is 0 Å². The van der Waals surface area contributed by atoms with Crippen LogP contribution in [-0.2, 0) is 0 Å². The molecule has 0 spiro atoms. The minimum Gasteiger partial charge on any atom is -0.455 e. The minimum absolute atomic E-state index is 0.962. The van der Waals surface area contributed by atoms with E-state index in [1.54, 1.807) is 0 Å². The molecule has 0 saturated carbocycles. The molecule has 2 heterocycles. The predicted molar refractivity (Wildman–Crippen MR) is 202 cm³/mol. The number of hydrogen-bond donors (Lipinski definition) is 0. The van der Waals surface area contributed by atoms with Crippen LogP contribution in [0.15, 0.2) is 168 Å². The van der Waals surface area contributed by atoms with Crippen LogP contribution in [0, 0.1) is 0 Å². The standard InChI is InChI=1S/C44H27NOS/c1-2-12-31(13-3-1)45(32-20-17-30(18-21-32)35-16-8-11-28-9-4-6-14-34(28)35)33-22-24-39-41(27-33)47-40-26-25-38-37-23-19-29-10-5-7-15-36(29)43(37)46-44(38)42(39)40/h1-27H. The van der Waals surface area contributed by atoms with Gasteiger partial charge < -0.3 is 9.32 Å². The van der Waals surface area contributed by atoms with Crippen LogP contribution in [0.5, 0.6) is 0 Å². The molecule has 0 saturated heterocycles. The van der Waals surface area contributed by atoms with Crippen LogP contribution in [0.4, 0.5) is 17.1 Å². The van der Waals surface area contributed by atoms with E-state index in [-0.39, 0.29) is 0 Å². The smallest absolute Gasteiger partial charge is 0.144 e. The Morgan fingerprint density at radius 1 is 0.404 bits per heavy atom. The third-order valence-corrected chi connectivity index (χ3v) is 10.6. The Balaban J connectivity index is 1.12. The zero-order valence-corrected chi connectivity index (χ0v) is 26.2. The lowest BCUT2D eigenvalue weighted by molar-refractivity contribution is 0.677. The molecule has 0 aliphatic carbocycles. The highest BCUT2D eigenvalue weighted by molar-refractivity contribution is 7.26. The maximum Gasteiger partial charge on any atom is 0.144 e. The molecule has 47 heavy (non-hydrogen) atoms. The van der Waals surface area contributed by atoms with Crippen LogP contribution in [0.25, 0.3) is 74.8 Å². The molecule has 8 aromatic carbocycles. The first-order valence-corrected chi connectivity index (χ1v) is 16.7. The minimum atomic E-state index is 0.962. The maximum absolute atomic E-state index is 6.73. The summed E-state index contributed by atoms with van der Waals surface area (Å²) in [5.41, 5.74) is 7.75. The van der Waals surface area contributed by atoms with Gasteiger partial charge in [0.05, 0.1) is 0 Å². The number of anilines is 3. The molecule has 0 fully saturated rings. The van der Waals surface area contributed by atoms with Gasteiger partial charge in [-0.25, -0.2) is 0 Å². The van der Waals surface area contributed by atoms with E-state index in [1.807, 2.05) is 11.3 Å². The fourth-order valence-electron chi connectivity index (χ4n) is 7.24. The van der Waals surface area contributed by atoms with Gasteiger partial charge in [-0.05, 0) is 81.9 Å². The fourth-order valence-corrected chi connectivity index (χ4v) is 8.38. The Hall–Kier alpha value is -5.90. The van der Waals surface area contributed by atoms with Crippen molar-refractivity contribution in [3.63, 3.8) is 0 Å². The van der Waals surface area contributed by atoms with Gasteiger partial charge in [-0.15, -0.1) is 11.3 Å². The van der Waals surface area contributed by atoms with Crippen LogP contribution in [-0.4, -0.2) is 0 Å². The second-order valence-corrected chi connectivity index (χ2v) is 13.2. The van der Waals surface area contributed by atoms with E-state index in [9.17, 15) is 0 Å². The normalized spacial score (nSPS) is 11.8. The van der Waals surface area contributed by atoms with Crippen molar-refractivity contribution in [1.29, 1.82) is 0 Å². The first-order valence-electron chi connectivity index (χ1n) is 15.9. The average molecular weight is 618 g/mol. The monoisotopic (exact) mass is 617 g/mol. The second-order valence-electron chi connectivity index (χ2n) is 12.1. The van der Waals surface area contributed by atoms with Crippen molar-refractivity contribution in [2.75, 3.05) is 4.90 Å². The first-order chi connectivity index (χ1) is 23.3. The number of para-hydroxylation sites is 1. The van der Waals surface area contributed by atoms with E-state index in [1.165, 1.54) is 58.2 Å². The molecule has 0 unspecified atom stereocenters. The van der Waals surface area contributed by atoms with Gasteiger partial charge >= 0.3 is 0 Å². The maximum atomic E-state index is 6.73. The van der Waals surface area contributed by atoms with Gasteiger partial charge in [0.25, 0.3) is 0 Å². The summed E-state index contributed by atoms with van der Waals surface area (Å²) in [6, 6.07) is 58.9. The van der Waals surface area contributed by atoms with Crippen molar-refractivity contribution in [3.05, 3.63) is 164 Å². The summed E-state index contributed by atoms with van der Waals surface area (Å²) >= 11 is 1.83. The van der Waals surface area contributed by atoms with E-state index in [0.717, 1.165) is 33.6 Å². The molecule has 0 amide bonds. The summed E-state index contributed by atoms with van der Waals surface area (Å²) < 4.78 is 9.21. The first kappa shape index (κ1) is 26.3. The summed E-state index contributed by atoms with van der Waals surface area (Å²) in [7, 11) is 0. The lowest BCUT2D eigenvalue weighted by atomic mass is 9.98. The molecular formula is C44H27NOS. The Kier molecular flexibility index (Phi) is 5.78. The van der Waals surface area contributed by atoms with Crippen LogP contribution in [0.1, 0.15) is 0 Å². The largest absolute Gasteiger partial charge is 0.455 e. The molecule has 2 aromatic heterocycles. The molecule has 0 aliphatic rings. The zero-order chi connectivity index (χ0) is 30.9. The number of thiophene rings is 1. The Labute approximate surface area is 275 Å². The Bertz CT molecular complexity index is 2790. The third-order valence-electron chi connectivity index (χ3n) is 9.45. The van der Waals surface area contributed by atoms with Gasteiger partial charge in [0.2, 0.25) is 0 Å². The molecule has 0 aliphatic heterocycles. The van der Waals surface area contributed by atoms with Gasteiger partial charge in [0.15, 0.2) is 0 Å². The average Bonchev–Trinajstić information content (AvgIpc) is 3.70. The van der Waals surface area contributed by atoms with Crippen LogP contribution in [0.3, 0.4) is 0 Å². The molecule has 2 nitrogen and oxygen atoms in total. The summed E-state index contributed by atoms with van der Waals surface area (Å²) in [6.45, 7) is 0. The number of hydrogen-bond acceptors (Lipinski definition) is 3. The number of benzene rings is 8. The van der Waals surface area contributed by atoms with E-state index in [4.69, 9.17) is 4.42 Å². The lowest BCUT2D eigenvalue weighted by Crippen LogP contribution is -2.09. The van der Waals surface area contributed by atoms with Crippen molar-refractivity contribution < 1.29 is 4.42 Å². The Morgan fingerprint density at radius 3 is 1.89 bits per heavy atom. The number of rotatable bonds is 4. The second kappa shape index (κ2) is 10.3. The third kappa shape index (κ3) is 4.10. The van der Waals surface area contributed by atoms with Gasteiger partial charge in [0.1, 0.15) is 11.2 Å². The molecule has 0 bridgehead atoms. The molecule has 10 rings (SSSR count). The zero-order valence-electron chi connectivity index (χ0n) is 25.4. The van der Waals surface area contributed by atoms with Crippen molar-refractivity contribution in [1.82, 2.24) is 0 Å². The number of nitrogens with zero attached hydrogens (tertiary/aromatic N) is 1. The molecule has 0 N–H and O–H groups in total. The highest BCUT2D eigenvalue weighted by Gasteiger charge is 2.19. The summed E-state index contributed by atoms with van der Waals surface area (Å²) in [6.07, 6.45) is 0. The lowest BCUT2D eigenvalue weighted by Gasteiger charge is -2.25. The quantitative estimate of drug-likeness (QED) is 0.195.